The Balaban J connectivity index is 2.42. The molecule has 0 radical (unpaired) electrons. The van der Waals surface area contributed by atoms with Gasteiger partial charge in [0.05, 0.1) is 0 Å². The number of benzene rings is 1. The van der Waals surface area contributed by atoms with Gasteiger partial charge in [-0.25, -0.2) is 0 Å². The van der Waals surface area contributed by atoms with E-state index in [2.05, 4.69) is 36.1 Å². The van der Waals surface area contributed by atoms with Gasteiger partial charge in [-0.2, -0.15) is 0 Å². The molecule has 0 aliphatic heterocycles. The van der Waals surface area contributed by atoms with Crippen LogP contribution >= 0.6 is 0 Å². The minimum atomic E-state index is -0.840. The highest BCUT2D eigenvalue weighted by Crippen LogP contribution is 2.42. The Kier molecular flexibility index (Phi) is 4.19. The molecule has 1 aliphatic rings. The number of carboxylic acids is 1. The molecule has 20 heavy (non-hydrogen) atoms. The Morgan fingerprint density at radius 1 is 1.30 bits per heavy atom. The van der Waals surface area contributed by atoms with Crippen LogP contribution in [-0.2, 0) is 4.79 Å². The van der Waals surface area contributed by atoms with E-state index in [1.54, 1.807) is 13.8 Å². The summed E-state index contributed by atoms with van der Waals surface area (Å²) in [6.07, 6.45) is 2.15. The first-order valence-electron chi connectivity index (χ1n) is 7.48. The van der Waals surface area contributed by atoms with Crippen LogP contribution in [0.3, 0.4) is 0 Å². The van der Waals surface area contributed by atoms with Crippen molar-refractivity contribution in [3.05, 3.63) is 35.4 Å². The predicted molar refractivity (Wildman–Crippen MR) is 80.9 cm³/mol. The molecule has 0 bridgehead atoms. The second-order valence-corrected chi connectivity index (χ2v) is 6.27. The fraction of sp³-hybridized carbons (Fsp3) is 0.588. The van der Waals surface area contributed by atoms with E-state index in [1.165, 1.54) is 11.1 Å². The van der Waals surface area contributed by atoms with E-state index in [0.29, 0.717) is 5.92 Å². The molecule has 110 valence electrons. The molecule has 3 nitrogen and oxygen atoms in total. The van der Waals surface area contributed by atoms with E-state index in [1.807, 2.05) is 6.92 Å². The van der Waals surface area contributed by atoms with Crippen LogP contribution in [0.15, 0.2) is 24.3 Å². The minimum absolute atomic E-state index is 0.207. The molecule has 3 heteroatoms. The molecule has 0 fully saturated rings. The van der Waals surface area contributed by atoms with Crippen molar-refractivity contribution in [1.82, 2.24) is 4.90 Å². The second-order valence-electron chi connectivity index (χ2n) is 6.27. The third-order valence-electron chi connectivity index (χ3n) is 4.72. The molecule has 0 aromatic heterocycles. The van der Waals surface area contributed by atoms with Crippen LogP contribution in [-0.4, -0.2) is 28.1 Å². The molecular formula is C17H25NO2. The highest BCUT2D eigenvalue weighted by atomic mass is 16.4. The van der Waals surface area contributed by atoms with Gasteiger partial charge in [0.25, 0.3) is 0 Å². The van der Waals surface area contributed by atoms with E-state index < -0.39 is 11.5 Å². The summed E-state index contributed by atoms with van der Waals surface area (Å²) in [5, 5.41) is 9.53. The number of carboxylic acid groups (broad SMARTS) is 1. The maximum absolute atomic E-state index is 11.6. The molecule has 2 rings (SSSR count). The number of aliphatic carboxylic acids is 1. The van der Waals surface area contributed by atoms with Gasteiger partial charge in [-0.3, -0.25) is 9.69 Å². The summed E-state index contributed by atoms with van der Waals surface area (Å²) in [6, 6.07) is 8.70. The third kappa shape index (κ3) is 2.47. The molecule has 2 unspecified atom stereocenters. The number of likely N-dealkylation sites (N-methyl/N-ethyl adjacent to an activating group) is 1. The number of fused-ring (bicyclic) bond motifs is 1. The van der Waals surface area contributed by atoms with Gasteiger partial charge < -0.3 is 5.11 Å². The van der Waals surface area contributed by atoms with Crippen LogP contribution in [0, 0.1) is 0 Å². The minimum Gasteiger partial charge on any atom is -0.480 e. The Hall–Kier alpha value is -1.35. The Labute approximate surface area is 121 Å². The van der Waals surface area contributed by atoms with Crippen LogP contribution in [0.25, 0.3) is 0 Å². The average Bonchev–Trinajstić information content (AvgIpc) is 2.42. The van der Waals surface area contributed by atoms with Gasteiger partial charge in [0.15, 0.2) is 0 Å². The van der Waals surface area contributed by atoms with Crippen molar-refractivity contribution in [1.29, 1.82) is 0 Å². The molecule has 0 saturated heterocycles. The topological polar surface area (TPSA) is 40.5 Å². The summed E-state index contributed by atoms with van der Waals surface area (Å²) in [5.41, 5.74) is 1.85. The summed E-state index contributed by atoms with van der Waals surface area (Å²) in [5.74, 6) is -0.190. The van der Waals surface area contributed by atoms with Crippen molar-refractivity contribution in [2.75, 3.05) is 6.54 Å². The van der Waals surface area contributed by atoms with Crippen LogP contribution in [0.1, 0.15) is 63.6 Å². The molecule has 0 heterocycles. The monoisotopic (exact) mass is 275 g/mol. The van der Waals surface area contributed by atoms with Gasteiger partial charge in [-0.15, -0.1) is 0 Å². The smallest absolute Gasteiger partial charge is 0.323 e. The molecule has 0 amide bonds. The van der Waals surface area contributed by atoms with Gasteiger partial charge in [0.1, 0.15) is 5.54 Å². The first kappa shape index (κ1) is 15.0. The summed E-state index contributed by atoms with van der Waals surface area (Å²) < 4.78 is 0. The van der Waals surface area contributed by atoms with E-state index in [9.17, 15) is 9.90 Å². The molecule has 1 aromatic rings. The molecule has 1 N–H and O–H groups in total. The summed E-state index contributed by atoms with van der Waals surface area (Å²) in [7, 11) is 0. The predicted octanol–water partition coefficient (Wildman–Crippen LogP) is 3.81. The number of carbonyl (C=O) groups is 1. The largest absolute Gasteiger partial charge is 0.480 e. The zero-order chi connectivity index (χ0) is 14.9. The van der Waals surface area contributed by atoms with Crippen molar-refractivity contribution >= 4 is 5.97 Å². The normalized spacial score (nSPS) is 22.6. The average molecular weight is 275 g/mol. The second kappa shape index (κ2) is 5.57. The highest BCUT2D eigenvalue weighted by molar-refractivity contribution is 5.77. The van der Waals surface area contributed by atoms with Crippen LogP contribution < -0.4 is 0 Å². The lowest BCUT2D eigenvalue weighted by atomic mass is 9.79. The van der Waals surface area contributed by atoms with Crippen LogP contribution in [0.2, 0.25) is 0 Å². The van der Waals surface area contributed by atoms with Gasteiger partial charge in [-0.05, 0) is 50.3 Å². The number of rotatable bonds is 4. The van der Waals surface area contributed by atoms with E-state index >= 15 is 0 Å². The molecule has 1 aliphatic carbocycles. The quantitative estimate of drug-likeness (QED) is 0.908. The lowest BCUT2D eigenvalue weighted by molar-refractivity contribution is -0.151. The van der Waals surface area contributed by atoms with Gasteiger partial charge in [0.2, 0.25) is 0 Å². The molecule has 0 spiro atoms. The number of hydrogen-bond donors (Lipinski definition) is 1. The fourth-order valence-corrected chi connectivity index (χ4v) is 3.43. The van der Waals surface area contributed by atoms with Crippen LogP contribution in [0.4, 0.5) is 0 Å². The Bertz CT molecular complexity index is 496. The van der Waals surface area contributed by atoms with Crippen molar-refractivity contribution in [2.45, 2.75) is 58.0 Å². The SMILES string of the molecule is CCN(C1CCC(C)c2ccccc21)C(C)(C)C(=O)O. The molecule has 1 aromatic carbocycles. The van der Waals surface area contributed by atoms with Crippen molar-refractivity contribution in [3.63, 3.8) is 0 Å². The first-order valence-corrected chi connectivity index (χ1v) is 7.48. The van der Waals surface area contributed by atoms with Gasteiger partial charge in [0, 0.05) is 6.04 Å². The maximum atomic E-state index is 11.6. The van der Waals surface area contributed by atoms with E-state index in [4.69, 9.17) is 0 Å². The van der Waals surface area contributed by atoms with Gasteiger partial charge >= 0.3 is 5.97 Å². The van der Waals surface area contributed by atoms with Crippen molar-refractivity contribution in [3.8, 4) is 0 Å². The summed E-state index contributed by atoms with van der Waals surface area (Å²) in [6.45, 7) is 8.66. The lowest BCUT2D eigenvalue weighted by Gasteiger charge is -2.44. The molecule has 2 atom stereocenters. The summed E-state index contributed by atoms with van der Waals surface area (Å²) >= 11 is 0. The summed E-state index contributed by atoms with van der Waals surface area (Å²) in [4.78, 5) is 13.7. The van der Waals surface area contributed by atoms with Crippen LogP contribution in [0.5, 0.6) is 0 Å². The maximum Gasteiger partial charge on any atom is 0.323 e. The van der Waals surface area contributed by atoms with Crippen molar-refractivity contribution in [2.24, 2.45) is 0 Å². The van der Waals surface area contributed by atoms with Crippen molar-refractivity contribution < 1.29 is 9.90 Å². The fourth-order valence-electron chi connectivity index (χ4n) is 3.43. The zero-order valence-electron chi connectivity index (χ0n) is 12.9. The Morgan fingerprint density at radius 2 is 1.90 bits per heavy atom. The van der Waals surface area contributed by atoms with E-state index in [0.717, 1.165) is 19.4 Å². The molecular weight excluding hydrogens is 250 g/mol. The molecule has 0 saturated carbocycles. The zero-order valence-corrected chi connectivity index (χ0v) is 12.9. The van der Waals surface area contributed by atoms with E-state index in [-0.39, 0.29) is 6.04 Å². The number of nitrogens with zero attached hydrogens (tertiary/aromatic N) is 1. The number of hydrogen-bond acceptors (Lipinski definition) is 2. The van der Waals surface area contributed by atoms with Gasteiger partial charge in [-0.1, -0.05) is 38.1 Å². The third-order valence-corrected chi connectivity index (χ3v) is 4.72. The Morgan fingerprint density at radius 3 is 2.45 bits per heavy atom. The highest BCUT2D eigenvalue weighted by Gasteiger charge is 2.40. The first-order chi connectivity index (χ1) is 9.39. The lowest BCUT2D eigenvalue weighted by Crippen LogP contribution is -2.52. The standard InChI is InChI=1S/C17H25NO2/c1-5-18(17(3,4)16(19)20)15-11-10-12(2)13-8-6-7-9-14(13)15/h6-9,12,15H,5,10-11H2,1-4H3,(H,19,20).